The van der Waals surface area contributed by atoms with Gasteiger partial charge in [0.05, 0.1) is 19.9 Å². The molecule has 0 aromatic carbocycles. The summed E-state index contributed by atoms with van der Waals surface area (Å²) >= 11 is 6.00. The Hall–Kier alpha value is -1.00. The molecule has 0 atom stereocenters. The monoisotopic (exact) mass is 216 g/mol. The standard InChI is InChI=1S/C9H13ClN2O2/c1-5-7(10)9(14-3)8(13-2)6(4-11)12-5/h4,11H2,1-3H3. The van der Waals surface area contributed by atoms with Crippen molar-refractivity contribution in [1.29, 1.82) is 0 Å². The van der Waals surface area contributed by atoms with Crippen LogP contribution in [0.5, 0.6) is 11.5 Å². The molecule has 0 aliphatic rings. The minimum absolute atomic E-state index is 0.289. The van der Waals surface area contributed by atoms with Crippen molar-refractivity contribution in [3.63, 3.8) is 0 Å². The summed E-state index contributed by atoms with van der Waals surface area (Å²) in [7, 11) is 3.06. The van der Waals surface area contributed by atoms with Crippen molar-refractivity contribution in [2.24, 2.45) is 5.73 Å². The predicted molar refractivity (Wildman–Crippen MR) is 55.0 cm³/mol. The minimum Gasteiger partial charge on any atom is -0.491 e. The molecule has 0 bridgehead atoms. The van der Waals surface area contributed by atoms with E-state index in [1.807, 2.05) is 0 Å². The van der Waals surface area contributed by atoms with Crippen molar-refractivity contribution < 1.29 is 9.47 Å². The third kappa shape index (κ3) is 1.76. The van der Waals surface area contributed by atoms with Crippen LogP contribution in [0.2, 0.25) is 5.02 Å². The van der Waals surface area contributed by atoms with Crippen LogP contribution in [0.3, 0.4) is 0 Å². The van der Waals surface area contributed by atoms with Gasteiger partial charge in [-0.3, -0.25) is 4.98 Å². The molecule has 1 heterocycles. The molecule has 0 aliphatic carbocycles. The fourth-order valence-electron chi connectivity index (χ4n) is 1.23. The number of halogens is 1. The second-order valence-corrected chi connectivity index (χ2v) is 3.11. The average Bonchev–Trinajstić information content (AvgIpc) is 2.20. The summed E-state index contributed by atoms with van der Waals surface area (Å²) in [6.45, 7) is 2.08. The van der Waals surface area contributed by atoms with E-state index in [9.17, 15) is 0 Å². The maximum Gasteiger partial charge on any atom is 0.185 e. The maximum atomic E-state index is 6.00. The lowest BCUT2D eigenvalue weighted by Gasteiger charge is -2.13. The van der Waals surface area contributed by atoms with Gasteiger partial charge in [0.15, 0.2) is 11.5 Å². The summed E-state index contributed by atoms with van der Waals surface area (Å²) in [4.78, 5) is 4.21. The van der Waals surface area contributed by atoms with E-state index in [0.29, 0.717) is 27.9 Å². The quantitative estimate of drug-likeness (QED) is 0.833. The number of aryl methyl sites for hydroxylation is 1. The van der Waals surface area contributed by atoms with E-state index in [-0.39, 0.29) is 6.54 Å². The first-order chi connectivity index (χ1) is 6.65. The Bertz CT molecular complexity index is 342. The van der Waals surface area contributed by atoms with Gasteiger partial charge in [-0.2, -0.15) is 0 Å². The molecule has 1 aromatic heterocycles. The normalized spacial score (nSPS) is 10.1. The van der Waals surface area contributed by atoms with Gasteiger partial charge in [0.1, 0.15) is 10.7 Å². The zero-order chi connectivity index (χ0) is 10.7. The molecule has 0 fully saturated rings. The van der Waals surface area contributed by atoms with Crippen LogP contribution in [0.25, 0.3) is 0 Å². The number of aromatic nitrogens is 1. The van der Waals surface area contributed by atoms with E-state index in [1.165, 1.54) is 14.2 Å². The van der Waals surface area contributed by atoms with Gasteiger partial charge in [0.2, 0.25) is 0 Å². The Morgan fingerprint density at radius 2 is 1.86 bits per heavy atom. The van der Waals surface area contributed by atoms with Crippen LogP contribution in [0, 0.1) is 6.92 Å². The van der Waals surface area contributed by atoms with Crippen LogP contribution in [0.15, 0.2) is 0 Å². The average molecular weight is 217 g/mol. The van der Waals surface area contributed by atoms with Crippen LogP contribution in [-0.4, -0.2) is 19.2 Å². The van der Waals surface area contributed by atoms with Gasteiger partial charge in [-0.25, -0.2) is 0 Å². The SMILES string of the molecule is COc1c(CN)nc(C)c(Cl)c1OC. The number of pyridine rings is 1. The van der Waals surface area contributed by atoms with Crippen molar-refractivity contribution >= 4 is 11.6 Å². The van der Waals surface area contributed by atoms with Crippen molar-refractivity contribution in [1.82, 2.24) is 4.98 Å². The molecule has 0 saturated carbocycles. The third-order valence-corrected chi connectivity index (χ3v) is 2.33. The fourth-order valence-corrected chi connectivity index (χ4v) is 1.43. The second-order valence-electron chi connectivity index (χ2n) is 2.73. The highest BCUT2D eigenvalue weighted by molar-refractivity contribution is 6.32. The van der Waals surface area contributed by atoms with Crippen molar-refractivity contribution in [3.8, 4) is 11.5 Å². The fraction of sp³-hybridized carbons (Fsp3) is 0.444. The van der Waals surface area contributed by atoms with Gasteiger partial charge in [-0.05, 0) is 6.92 Å². The number of nitrogens with zero attached hydrogens (tertiary/aromatic N) is 1. The lowest BCUT2D eigenvalue weighted by Crippen LogP contribution is -2.06. The highest BCUT2D eigenvalue weighted by atomic mass is 35.5. The predicted octanol–water partition coefficient (Wildman–Crippen LogP) is 1.52. The number of methoxy groups -OCH3 is 2. The summed E-state index contributed by atoms with van der Waals surface area (Å²) in [5, 5.41) is 0.460. The molecule has 0 saturated heterocycles. The van der Waals surface area contributed by atoms with E-state index >= 15 is 0 Å². The van der Waals surface area contributed by atoms with Crippen LogP contribution in [0.1, 0.15) is 11.4 Å². The first-order valence-corrected chi connectivity index (χ1v) is 4.50. The molecule has 0 radical (unpaired) electrons. The number of nitrogens with two attached hydrogens (primary N) is 1. The Labute approximate surface area is 88.0 Å². The number of hydrogen-bond acceptors (Lipinski definition) is 4. The van der Waals surface area contributed by atoms with Crippen LogP contribution >= 0.6 is 11.6 Å². The summed E-state index contributed by atoms with van der Waals surface area (Å²) in [6, 6.07) is 0. The number of hydrogen-bond donors (Lipinski definition) is 1. The van der Waals surface area contributed by atoms with E-state index in [1.54, 1.807) is 6.92 Å². The molecular weight excluding hydrogens is 204 g/mol. The molecule has 2 N–H and O–H groups in total. The van der Waals surface area contributed by atoms with Gasteiger partial charge < -0.3 is 15.2 Å². The maximum absolute atomic E-state index is 6.00. The van der Waals surface area contributed by atoms with E-state index < -0.39 is 0 Å². The van der Waals surface area contributed by atoms with E-state index in [2.05, 4.69) is 4.98 Å². The molecule has 0 aliphatic heterocycles. The molecule has 4 nitrogen and oxygen atoms in total. The molecular formula is C9H13ClN2O2. The van der Waals surface area contributed by atoms with Crippen molar-refractivity contribution in [2.45, 2.75) is 13.5 Å². The molecule has 78 valence electrons. The van der Waals surface area contributed by atoms with Crippen LogP contribution in [0.4, 0.5) is 0 Å². The van der Waals surface area contributed by atoms with Crippen LogP contribution in [-0.2, 0) is 6.54 Å². The lowest BCUT2D eigenvalue weighted by molar-refractivity contribution is 0.349. The summed E-state index contributed by atoms with van der Waals surface area (Å²) < 4.78 is 10.3. The first-order valence-electron chi connectivity index (χ1n) is 4.12. The molecule has 1 aromatic rings. The lowest BCUT2D eigenvalue weighted by atomic mass is 10.2. The smallest absolute Gasteiger partial charge is 0.185 e. The molecule has 1 rings (SSSR count). The highest BCUT2D eigenvalue weighted by Crippen LogP contribution is 2.38. The number of rotatable bonds is 3. The molecule has 0 spiro atoms. The summed E-state index contributed by atoms with van der Waals surface area (Å²) in [5.41, 5.74) is 6.86. The largest absolute Gasteiger partial charge is 0.491 e. The van der Waals surface area contributed by atoms with Gasteiger partial charge >= 0.3 is 0 Å². The van der Waals surface area contributed by atoms with Crippen molar-refractivity contribution in [2.75, 3.05) is 14.2 Å². The van der Waals surface area contributed by atoms with Gasteiger partial charge in [-0.15, -0.1) is 0 Å². The zero-order valence-corrected chi connectivity index (χ0v) is 9.18. The third-order valence-electron chi connectivity index (χ3n) is 1.89. The van der Waals surface area contributed by atoms with E-state index in [0.717, 1.165) is 0 Å². The Morgan fingerprint density at radius 3 is 2.29 bits per heavy atom. The molecule has 14 heavy (non-hydrogen) atoms. The highest BCUT2D eigenvalue weighted by Gasteiger charge is 2.16. The number of ether oxygens (including phenoxy) is 2. The summed E-state index contributed by atoms with van der Waals surface area (Å²) in [5.74, 6) is 0.993. The Balaban J connectivity index is 3.42. The van der Waals surface area contributed by atoms with E-state index in [4.69, 9.17) is 26.8 Å². The Kier molecular flexibility index (Phi) is 3.55. The molecule has 0 unspecified atom stereocenters. The van der Waals surface area contributed by atoms with Gasteiger partial charge in [0, 0.05) is 6.54 Å². The minimum atomic E-state index is 0.289. The van der Waals surface area contributed by atoms with Crippen LogP contribution < -0.4 is 15.2 Å². The van der Waals surface area contributed by atoms with Gasteiger partial charge in [0.25, 0.3) is 0 Å². The first kappa shape index (κ1) is 11.1. The molecule has 0 amide bonds. The summed E-state index contributed by atoms with van der Waals surface area (Å²) in [6.07, 6.45) is 0. The molecule has 5 heteroatoms. The topological polar surface area (TPSA) is 57.4 Å². The second kappa shape index (κ2) is 4.48. The Morgan fingerprint density at radius 1 is 1.29 bits per heavy atom. The van der Waals surface area contributed by atoms with Crippen molar-refractivity contribution in [3.05, 3.63) is 16.4 Å². The zero-order valence-electron chi connectivity index (χ0n) is 8.43. The van der Waals surface area contributed by atoms with Gasteiger partial charge in [-0.1, -0.05) is 11.6 Å².